The summed E-state index contributed by atoms with van der Waals surface area (Å²) < 4.78 is 10.9. The maximum atomic E-state index is 12.0. The van der Waals surface area contributed by atoms with Crippen LogP contribution in [0.5, 0.6) is 11.5 Å². The van der Waals surface area contributed by atoms with Crippen LogP contribution in [0.3, 0.4) is 0 Å². The van der Waals surface area contributed by atoms with E-state index in [1.165, 1.54) is 0 Å². The number of nitrogens with zero attached hydrogens (tertiary/aromatic N) is 1. The highest BCUT2D eigenvalue weighted by atomic mass is 35.5. The predicted octanol–water partition coefficient (Wildman–Crippen LogP) is 4.62. The van der Waals surface area contributed by atoms with Crippen molar-refractivity contribution in [2.24, 2.45) is 5.10 Å². The summed E-state index contributed by atoms with van der Waals surface area (Å²) in [6.45, 7) is 0.374. The molecule has 0 aliphatic carbocycles. The Hall–Kier alpha value is -3.31. The third kappa shape index (κ3) is 6.36. The first-order valence-corrected chi connectivity index (χ1v) is 9.43. The molecule has 5 nitrogen and oxygen atoms in total. The van der Waals surface area contributed by atoms with Crippen LogP contribution in [0.4, 0.5) is 0 Å². The average Bonchev–Trinajstić information content (AvgIpc) is 2.74. The second-order valence-electron chi connectivity index (χ2n) is 6.27. The van der Waals surface area contributed by atoms with Gasteiger partial charge in [0.25, 0.3) is 0 Å². The van der Waals surface area contributed by atoms with Gasteiger partial charge in [-0.2, -0.15) is 5.10 Å². The standard InChI is InChI=1S/C23H21ClN2O3/c1-28-20-11-9-17(10-12-20)14-23(27)26-25-15-18-5-4-7-21(13-18)29-16-19-6-2-3-8-22(19)24/h2-13,15H,14,16H2,1H3,(H,26,27)/b25-15-. The Morgan fingerprint density at radius 1 is 1.03 bits per heavy atom. The van der Waals surface area contributed by atoms with E-state index in [1.54, 1.807) is 13.3 Å². The van der Waals surface area contributed by atoms with Gasteiger partial charge >= 0.3 is 0 Å². The molecule has 3 aromatic carbocycles. The van der Waals surface area contributed by atoms with Gasteiger partial charge in [-0.15, -0.1) is 0 Å². The van der Waals surface area contributed by atoms with Crippen molar-refractivity contribution in [1.29, 1.82) is 0 Å². The quantitative estimate of drug-likeness (QED) is 0.437. The van der Waals surface area contributed by atoms with E-state index < -0.39 is 0 Å². The largest absolute Gasteiger partial charge is 0.497 e. The summed E-state index contributed by atoms with van der Waals surface area (Å²) in [7, 11) is 1.60. The van der Waals surface area contributed by atoms with Gasteiger partial charge in [-0.3, -0.25) is 4.79 Å². The SMILES string of the molecule is COc1ccc(CC(=O)N/N=C\c2cccc(OCc3ccccc3Cl)c2)cc1. The van der Waals surface area contributed by atoms with Crippen LogP contribution in [-0.2, 0) is 17.8 Å². The van der Waals surface area contributed by atoms with Crippen LogP contribution in [0.1, 0.15) is 16.7 Å². The van der Waals surface area contributed by atoms with Crippen LogP contribution in [0.2, 0.25) is 5.02 Å². The van der Waals surface area contributed by atoms with Crippen molar-refractivity contribution in [2.75, 3.05) is 7.11 Å². The zero-order chi connectivity index (χ0) is 20.5. The van der Waals surface area contributed by atoms with Crippen molar-refractivity contribution in [2.45, 2.75) is 13.0 Å². The summed E-state index contributed by atoms with van der Waals surface area (Å²) in [5.41, 5.74) is 5.14. The summed E-state index contributed by atoms with van der Waals surface area (Å²) in [6.07, 6.45) is 1.82. The first-order valence-electron chi connectivity index (χ1n) is 9.05. The maximum absolute atomic E-state index is 12.0. The average molecular weight is 409 g/mol. The normalized spacial score (nSPS) is 10.7. The van der Waals surface area contributed by atoms with Crippen LogP contribution in [0.25, 0.3) is 0 Å². The molecule has 6 heteroatoms. The number of rotatable bonds is 8. The van der Waals surface area contributed by atoms with Crippen molar-refractivity contribution < 1.29 is 14.3 Å². The molecule has 0 unspecified atom stereocenters. The molecule has 0 spiro atoms. The van der Waals surface area contributed by atoms with E-state index in [-0.39, 0.29) is 12.3 Å². The first kappa shape index (κ1) is 20.4. The van der Waals surface area contributed by atoms with E-state index in [1.807, 2.05) is 72.8 Å². The number of amides is 1. The molecule has 0 heterocycles. The van der Waals surface area contributed by atoms with E-state index in [0.29, 0.717) is 17.4 Å². The lowest BCUT2D eigenvalue weighted by molar-refractivity contribution is -0.120. The summed E-state index contributed by atoms with van der Waals surface area (Å²) in [4.78, 5) is 12.0. The predicted molar refractivity (Wildman–Crippen MR) is 115 cm³/mol. The molecule has 1 amide bonds. The number of hydrogen-bond donors (Lipinski definition) is 1. The topological polar surface area (TPSA) is 59.9 Å². The minimum absolute atomic E-state index is 0.197. The Kier molecular flexibility index (Phi) is 7.25. The number of carbonyl (C=O) groups is 1. The lowest BCUT2D eigenvalue weighted by Crippen LogP contribution is -2.19. The molecule has 3 rings (SSSR count). The molecular weight excluding hydrogens is 388 g/mol. The zero-order valence-corrected chi connectivity index (χ0v) is 16.7. The fourth-order valence-electron chi connectivity index (χ4n) is 2.61. The fourth-order valence-corrected chi connectivity index (χ4v) is 2.80. The molecule has 3 aromatic rings. The summed E-state index contributed by atoms with van der Waals surface area (Å²) in [6, 6.07) is 22.3. The third-order valence-corrected chi connectivity index (χ3v) is 4.51. The van der Waals surface area contributed by atoms with Crippen LogP contribution in [0.15, 0.2) is 77.9 Å². The number of carbonyl (C=O) groups excluding carboxylic acids is 1. The molecule has 29 heavy (non-hydrogen) atoms. The van der Waals surface area contributed by atoms with Crippen molar-refractivity contribution in [3.05, 3.63) is 94.5 Å². The monoisotopic (exact) mass is 408 g/mol. The zero-order valence-electron chi connectivity index (χ0n) is 16.0. The Morgan fingerprint density at radius 2 is 1.83 bits per heavy atom. The van der Waals surface area contributed by atoms with E-state index in [2.05, 4.69) is 10.5 Å². The van der Waals surface area contributed by atoms with Crippen LogP contribution in [-0.4, -0.2) is 19.2 Å². The Balaban J connectivity index is 1.51. The van der Waals surface area contributed by atoms with Crippen LogP contribution >= 0.6 is 11.6 Å². The highest BCUT2D eigenvalue weighted by molar-refractivity contribution is 6.31. The van der Waals surface area contributed by atoms with Gasteiger partial charge in [0, 0.05) is 10.6 Å². The molecule has 0 atom stereocenters. The molecular formula is C23H21ClN2O3. The number of ether oxygens (including phenoxy) is 2. The van der Waals surface area contributed by atoms with E-state index in [4.69, 9.17) is 21.1 Å². The van der Waals surface area contributed by atoms with Crippen molar-refractivity contribution in [1.82, 2.24) is 5.43 Å². The van der Waals surface area contributed by atoms with Crippen molar-refractivity contribution >= 4 is 23.7 Å². The molecule has 0 aromatic heterocycles. The summed E-state index contributed by atoms with van der Waals surface area (Å²) >= 11 is 6.15. The summed E-state index contributed by atoms with van der Waals surface area (Å²) in [5.74, 6) is 1.25. The van der Waals surface area contributed by atoms with Gasteiger partial charge in [-0.1, -0.05) is 54.1 Å². The minimum Gasteiger partial charge on any atom is -0.497 e. The number of methoxy groups -OCH3 is 1. The highest BCUT2D eigenvalue weighted by Crippen LogP contribution is 2.19. The van der Waals surface area contributed by atoms with E-state index in [9.17, 15) is 4.79 Å². The molecule has 0 fully saturated rings. The fraction of sp³-hybridized carbons (Fsp3) is 0.130. The molecule has 0 aliphatic rings. The Labute approximate surface area is 174 Å². The van der Waals surface area contributed by atoms with Gasteiger partial charge in [0.1, 0.15) is 18.1 Å². The number of hydrogen-bond acceptors (Lipinski definition) is 4. The first-order chi connectivity index (χ1) is 14.1. The Morgan fingerprint density at radius 3 is 2.59 bits per heavy atom. The van der Waals surface area contributed by atoms with Crippen molar-refractivity contribution in [3.63, 3.8) is 0 Å². The number of nitrogens with one attached hydrogen (secondary N) is 1. The Bertz CT molecular complexity index is 987. The second-order valence-corrected chi connectivity index (χ2v) is 6.68. The number of benzene rings is 3. The van der Waals surface area contributed by atoms with Gasteiger partial charge in [0.15, 0.2) is 0 Å². The molecule has 0 saturated carbocycles. The maximum Gasteiger partial charge on any atom is 0.244 e. The number of halogens is 1. The van der Waals surface area contributed by atoms with Crippen LogP contribution < -0.4 is 14.9 Å². The van der Waals surface area contributed by atoms with Gasteiger partial charge in [-0.25, -0.2) is 5.43 Å². The minimum atomic E-state index is -0.197. The van der Waals surface area contributed by atoms with E-state index >= 15 is 0 Å². The molecule has 1 N–H and O–H groups in total. The lowest BCUT2D eigenvalue weighted by Gasteiger charge is -2.08. The second kappa shape index (κ2) is 10.3. The highest BCUT2D eigenvalue weighted by Gasteiger charge is 2.03. The van der Waals surface area contributed by atoms with Crippen LogP contribution in [0, 0.1) is 0 Å². The molecule has 0 radical (unpaired) electrons. The van der Waals surface area contributed by atoms with Gasteiger partial charge in [0.2, 0.25) is 5.91 Å². The molecule has 0 saturated heterocycles. The van der Waals surface area contributed by atoms with Gasteiger partial charge < -0.3 is 9.47 Å². The molecule has 0 aliphatic heterocycles. The van der Waals surface area contributed by atoms with Gasteiger partial charge in [-0.05, 0) is 41.5 Å². The number of hydrazone groups is 1. The molecule has 148 valence electrons. The lowest BCUT2D eigenvalue weighted by atomic mass is 10.1. The smallest absolute Gasteiger partial charge is 0.244 e. The third-order valence-electron chi connectivity index (χ3n) is 4.14. The van der Waals surface area contributed by atoms with Gasteiger partial charge in [0.05, 0.1) is 19.7 Å². The van der Waals surface area contributed by atoms with E-state index in [0.717, 1.165) is 22.4 Å². The molecule has 0 bridgehead atoms. The van der Waals surface area contributed by atoms with Crippen molar-refractivity contribution in [3.8, 4) is 11.5 Å². The summed E-state index contributed by atoms with van der Waals surface area (Å²) in [5, 5.41) is 4.69.